The molecule has 0 aliphatic rings. The molecule has 1 aromatic heterocycles. The van der Waals surface area contributed by atoms with E-state index in [-0.39, 0.29) is 5.82 Å². The van der Waals surface area contributed by atoms with Crippen LogP contribution in [0.1, 0.15) is 17.3 Å². The van der Waals surface area contributed by atoms with E-state index in [1.165, 1.54) is 6.07 Å². The maximum absolute atomic E-state index is 13.5. The van der Waals surface area contributed by atoms with Gasteiger partial charge in [-0.1, -0.05) is 23.4 Å². The average molecular weight is 265 g/mol. The van der Waals surface area contributed by atoms with Gasteiger partial charge in [0.15, 0.2) is 5.82 Å². The van der Waals surface area contributed by atoms with Crippen LogP contribution in [0.15, 0.2) is 28.8 Å². The van der Waals surface area contributed by atoms with E-state index < -0.39 is 0 Å². The topological polar surface area (TPSA) is 60.2 Å². The third kappa shape index (κ3) is 4.11. The lowest BCUT2D eigenvalue weighted by Gasteiger charge is -1.99. The third-order valence-electron chi connectivity index (χ3n) is 2.58. The molecule has 102 valence electrons. The second-order valence-corrected chi connectivity index (χ2v) is 4.04. The van der Waals surface area contributed by atoms with Gasteiger partial charge in [-0.2, -0.15) is 4.98 Å². The lowest BCUT2D eigenvalue weighted by Crippen LogP contribution is -2.18. The van der Waals surface area contributed by atoms with Crippen molar-refractivity contribution >= 4 is 0 Å². The van der Waals surface area contributed by atoms with E-state index in [4.69, 9.17) is 9.26 Å². The Bertz CT molecular complexity index is 516. The summed E-state index contributed by atoms with van der Waals surface area (Å²) in [6.07, 6.45) is 0.328. The molecule has 6 heteroatoms. The monoisotopic (exact) mass is 265 g/mol. The van der Waals surface area contributed by atoms with Crippen molar-refractivity contribution in [1.82, 2.24) is 15.5 Å². The summed E-state index contributed by atoms with van der Waals surface area (Å²) >= 11 is 0. The van der Waals surface area contributed by atoms with E-state index in [1.807, 2.05) is 0 Å². The summed E-state index contributed by atoms with van der Waals surface area (Å²) in [5, 5.41) is 6.92. The highest BCUT2D eigenvalue weighted by Crippen LogP contribution is 2.10. The van der Waals surface area contributed by atoms with Crippen molar-refractivity contribution in [3.8, 4) is 0 Å². The lowest BCUT2D eigenvalue weighted by atomic mass is 10.1. The van der Waals surface area contributed by atoms with Crippen LogP contribution < -0.4 is 5.32 Å². The second kappa shape index (κ2) is 6.96. The minimum atomic E-state index is -0.257. The van der Waals surface area contributed by atoms with Gasteiger partial charge in [-0.25, -0.2) is 4.39 Å². The number of halogens is 1. The smallest absolute Gasteiger partial charge is 0.240 e. The van der Waals surface area contributed by atoms with E-state index >= 15 is 0 Å². The zero-order valence-corrected chi connectivity index (χ0v) is 10.7. The molecule has 19 heavy (non-hydrogen) atoms. The van der Waals surface area contributed by atoms with Crippen LogP contribution >= 0.6 is 0 Å². The van der Waals surface area contributed by atoms with Gasteiger partial charge in [-0.15, -0.1) is 0 Å². The molecular formula is C13H16FN3O2. The number of nitrogens with zero attached hydrogens (tertiary/aromatic N) is 2. The van der Waals surface area contributed by atoms with Crippen LogP contribution in [0.4, 0.5) is 4.39 Å². The molecule has 0 saturated carbocycles. The Morgan fingerprint density at radius 1 is 1.37 bits per heavy atom. The number of methoxy groups -OCH3 is 1. The Morgan fingerprint density at radius 2 is 2.21 bits per heavy atom. The summed E-state index contributed by atoms with van der Waals surface area (Å²) in [5.41, 5.74) is 0.558. The van der Waals surface area contributed by atoms with Crippen molar-refractivity contribution in [3.63, 3.8) is 0 Å². The van der Waals surface area contributed by atoms with Crippen molar-refractivity contribution in [1.29, 1.82) is 0 Å². The molecule has 1 heterocycles. The lowest BCUT2D eigenvalue weighted by molar-refractivity contribution is 0.197. The van der Waals surface area contributed by atoms with Crippen molar-refractivity contribution in [2.24, 2.45) is 0 Å². The minimum absolute atomic E-state index is 0.257. The predicted molar refractivity (Wildman–Crippen MR) is 67.1 cm³/mol. The van der Waals surface area contributed by atoms with Crippen LogP contribution in [0, 0.1) is 5.82 Å². The number of rotatable bonds is 7. The Balaban J connectivity index is 1.89. The molecule has 0 amide bonds. The predicted octanol–water partition coefficient (Wildman–Crippen LogP) is 1.54. The summed E-state index contributed by atoms with van der Waals surface area (Å²) in [6, 6.07) is 6.57. The molecule has 1 aromatic carbocycles. The number of aromatic nitrogens is 2. The summed E-state index contributed by atoms with van der Waals surface area (Å²) in [7, 11) is 1.64. The first-order chi connectivity index (χ1) is 9.29. The first kappa shape index (κ1) is 13.6. The van der Waals surface area contributed by atoms with Crippen LogP contribution in [0.5, 0.6) is 0 Å². The molecule has 2 aromatic rings. The third-order valence-corrected chi connectivity index (χ3v) is 2.58. The number of hydrogen-bond donors (Lipinski definition) is 1. The number of ether oxygens (including phenoxy) is 1. The van der Waals surface area contributed by atoms with E-state index in [0.717, 1.165) is 0 Å². The molecule has 2 rings (SSSR count). The summed E-state index contributed by atoms with van der Waals surface area (Å²) in [4.78, 5) is 4.20. The molecule has 0 atom stereocenters. The standard InChI is InChI=1S/C13H16FN3O2/c1-18-7-6-15-9-13-16-12(17-19-13)8-10-4-2-3-5-11(10)14/h2-5,15H,6-9H2,1H3. The van der Waals surface area contributed by atoms with Gasteiger partial charge in [-0.05, 0) is 11.6 Å². The van der Waals surface area contributed by atoms with Gasteiger partial charge >= 0.3 is 0 Å². The number of nitrogens with one attached hydrogen (secondary N) is 1. The Labute approximate surface area is 110 Å². The van der Waals surface area contributed by atoms with Crippen LogP contribution in [0.3, 0.4) is 0 Å². The summed E-state index contributed by atoms with van der Waals surface area (Å²) in [5.74, 6) is 0.711. The molecule has 0 fully saturated rings. The summed E-state index contributed by atoms with van der Waals surface area (Å²) < 4.78 is 23.4. The fourth-order valence-electron chi connectivity index (χ4n) is 1.62. The zero-order chi connectivity index (χ0) is 13.5. The zero-order valence-electron chi connectivity index (χ0n) is 10.7. The fourth-order valence-corrected chi connectivity index (χ4v) is 1.62. The van der Waals surface area contributed by atoms with E-state index in [0.29, 0.717) is 43.4 Å². The van der Waals surface area contributed by atoms with Crippen LogP contribution in [0.25, 0.3) is 0 Å². The Kier molecular flexibility index (Phi) is 5.00. The molecule has 0 bridgehead atoms. The molecular weight excluding hydrogens is 249 g/mol. The van der Waals surface area contributed by atoms with Crippen LogP contribution in [0.2, 0.25) is 0 Å². The van der Waals surface area contributed by atoms with Crippen molar-refractivity contribution in [3.05, 3.63) is 47.4 Å². The van der Waals surface area contributed by atoms with Gasteiger partial charge in [0.05, 0.1) is 13.2 Å². The fraction of sp³-hybridized carbons (Fsp3) is 0.385. The highest BCUT2D eigenvalue weighted by molar-refractivity contribution is 5.20. The SMILES string of the molecule is COCCNCc1nc(Cc2ccccc2F)no1. The van der Waals surface area contributed by atoms with Gasteiger partial charge in [0.25, 0.3) is 0 Å². The van der Waals surface area contributed by atoms with Crippen LogP contribution in [-0.2, 0) is 17.7 Å². The van der Waals surface area contributed by atoms with E-state index in [9.17, 15) is 4.39 Å². The van der Waals surface area contributed by atoms with E-state index in [1.54, 1.807) is 25.3 Å². The second-order valence-electron chi connectivity index (χ2n) is 4.04. The maximum Gasteiger partial charge on any atom is 0.240 e. The van der Waals surface area contributed by atoms with E-state index in [2.05, 4.69) is 15.5 Å². The molecule has 1 N–H and O–H groups in total. The minimum Gasteiger partial charge on any atom is -0.383 e. The number of hydrogen-bond acceptors (Lipinski definition) is 5. The van der Waals surface area contributed by atoms with Crippen molar-refractivity contribution in [2.45, 2.75) is 13.0 Å². The van der Waals surface area contributed by atoms with Gasteiger partial charge < -0.3 is 14.6 Å². The first-order valence-electron chi connectivity index (χ1n) is 6.04. The van der Waals surface area contributed by atoms with Gasteiger partial charge in [-0.3, -0.25) is 0 Å². The Hall–Kier alpha value is -1.79. The molecule has 0 radical (unpaired) electrons. The molecule has 0 spiro atoms. The highest BCUT2D eigenvalue weighted by Gasteiger charge is 2.09. The molecule has 0 aliphatic heterocycles. The first-order valence-corrected chi connectivity index (χ1v) is 6.04. The highest BCUT2D eigenvalue weighted by atomic mass is 19.1. The molecule has 5 nitrogen and oxygen atoms in total. The summed E-state index contributed by atoms with van der Waals surface area (Å²) in [6.45, 7) is 1.81. The molecule has 0 unspecified atom stereocenters. The van der Waals surface area contributed by atoms with Crippen molar-refractivity contribution < 1.29 is 13.7 Å². The largest absolute Gasteiger partial charge is 0.383 e. The quantitative estimate of drug-likeness (QED) is 0.769. The van der Waals surface area contributed by atoms with Gasteiger partial charge in [0.1, 0.15) is 5.82 Å². The van der Waals surface area contributed by atoms with Crippen LogP contribution in [-0.4, -0.2) is 30.4 Å². The van der Waals surface area contributed by atoms with Gasteiger partial charge in [0, 0.05) is 20.1 Å². The normalized spacial score (nSPS) is 10.8. The molecule has 0 saturated heterocycles. The average Bonchev–Trinajstić information content (AvgIpc) is 2.85. The van der Waals surface area contributed by atoms with Crippen molar-refractivity contribution in [2.75, 3.05) is 20.3 Å². The molecule has 0 aliphatic carbocycles. The number of benzene rings is 1. The van der Waals surface area contributed by atoms with Gasteiger partial charge in [0.2, 0.25) is 5.89 Å². The Morgan fingerprint density at radius 3 is 3.00 bits per heavy atom. The maximum atomic E-state index is 13.5.